The average Bonchev–Trinajstić information content (AvgIpc) is 2.42. The first kappa shape index (κ1) is 14.9. The van der Waals surface area contributed by atoms with Crippen LogP contribution >= 0.6 is 0 Å². The number of carbonyl (C=O) groups excluding carboxylic acids is 1. The summed E-state index contributed by atoms with van der Waals surface area (Å²) in [7, 11) is 0. The van der Waals surface area contributed by atoms with Crippen molar-refractivity contribution in [2.24, 2.45) is 5.73 Å². The lowest BCUT2D eigenvalue weighted by Gasteiger charge is -2.34. The summed E-state index contributed by atoms with van der Waals surface area (Å²) in [4.78, 5) is 13.9. The first-order valence-corrected chi connectivity index (χ1v) is 7.49. The van der Waals surface area contributed by atoms with Crippen LogP contribution in [0.25, 0.3) is 0 Å². The minimum atomic E-state index is -0.276. The molecule has 0 fully saturated rings. The second-order valence-electron chi connectivity index (χ2n) is 5.59. The van der Waals surface area contributed by atoms with E-state index in [1.807, 2.05) is 0 Å². The second-order valence-corrected chi connectivity index (χ2v) is 5.59. The quantitative estimate of drug-likeness (QED) is 0.829. The van der Waals surface area contributed by atoms with Crippen molar-refractivity contribution in [3.8, 4) is 0 Å². The Morgan fingerprint density at radius 3 is 3.00 bits per heavy atom. The molecule has 0 saturated carbocycles. The molecular weight excluding hydrogens is 250 g/mol. The summed E-state index contributed by atoms with van der Waals surface area (Å²) in [5, 5.41) is 3.24. The highest BCUT2D eigenvalue weighted by Crippen LogP contribution is 2.27. The van der Waals surface area contributed by atoms with Crippen molar-refractivity contribution in [2.75, 3.05) is 24.5 Å². The summed E-state index contributed by atoms with van der Waals surface area (Å²) in [6.45, 7) is 6.68. The van der Waals surface area contributed by atoms with E-state index in [9.17, 15) is 4.79 Å². The number of nitrogens with two attached hydrogens (primary N) is 1. The zero-order valence-corrected chi connectivity index (χ0v) is 12.5. The number of aryl methyl sites for hydroxylation is 2. The largest absolute Gasteiger partial charge is 0.369 e. The van der Waals surface area contributed by atoms with E-state index in [-0.39, 0.29) is 11.9 Å². The lowest BCUT2D eigenvalue weighted by molar-refractivity contribution is -0.119. The molecule has 3 N–H and O–H groups in total. The van der Waals surface area contributed by atoms with E-state index in [0.717, 1.165) is 32.4 Å². The SMILES string of the molecule is CCCNC(CN1CCCc2cc(C)ccc21)C(N)=O. The third kappa shape index (κ3) is 3.51. The molecule has 1 aliphatic heterocycles. The molecule has 1 amide bonds. The first-order chi connectivity index (χ1) is 9.61. The number of hydrogen-bond acceptors (Lipinski definition) is 3. The highest BCUT2D eigenvalue weighted by atomic mass is 16.1. The second kappa shape index (κ2) is 6.75. The number of benzene rings is 1. The topological polar surface area (TPSA) is 58.4 Å². The standard InChI is InChI=1S/C16H25N3O/c1-3-8-18-14(16(17)20)11-19-9-4-5-13-10-12(2)6-7-15(13)19/h6-7,10,14,18H,3-5,8-9,11H2,1-2H3,(H2,17,20). The maximum atomic E-state index is 11.6. The highest BCUT2D eigenvalue weighted by Gasteiger charge is 2.22. The third-order valence-electron chi connectivity index (χ3n) is 3.84. The van der Waals surface area contributed by atoms with Gasteiger partial charge in [-0.2, -0.15) is 0 Å². The van der Waals surface area contributed by atoms with Gasteiger partial charge in [0.2, 0.25) is 5.91 Å². The van der Waals surface area contributed by atoms with Gasteiger partial charge in [-0.1, -0.05) is 24.6 Å². The van der Waals surface area contributed by atoms with E-state index in [2.05, 4.69) is 42.3 Å². The minimum absolute atomic E-state index is 0.266. The van der Waals surface area contributed by atoms with Gasteiger partial charge in [0.15, 0.2) is 0 Å². The average molecular weight is 275 g/mol. The Morgan fingerprint density at radius 1 is 1.50 bits per heavy atom. The summed E-state index contributed by atoms with van der Waals surface area (Å²) in [5.74, 6) is -0.266. The first-order valence-electron chi connectivity index (χ1n) is 7.49. The van der Waals surface area contributed by atoms with Gasteiger partial charge < -0.3 is 16.0 Å². The number of nitrogens with zero attached hydrogens (tertiary/aromatic N) is 1. The summed E-state index contributed by atoms with van der Waals surface area (Å²) < 4.78 is 0. The van der Waals surface area contributed by atoms with Crippen LogP contribution in [0.15, 0.2) is 18.2 Å². The zero-order valence-electron chi connectivity index (χ0n) is 12.5. The number of nitrogens with one attached hydrogen (secondary N) is 1. The fourth-order valence-electron chi connectivity index (χ4n) is 2.79. The number of primary amides is 1. The molecule has 1 heterocycles. The predicted molar refractivity (Wildman–Crippen MR) is 83.0 cm³/mol. The number of rotatable bonds is 6. The van der Waals surface area contributed by atoms with Gasteiger partial charge in [0.25, 0.3) is 0 Å². The minimum Gasteiger partial charge on any atom is -0.369 e. The summed E-state index contributed by atoms with van der Waals surface area (Å²) >= 11 is 0. The van der Waals surface area contributed by atoms with Crippen LogP contribution in [0.1, 0.15) is 30.9 Å². The van der Waals surface area contributed by atoms with Gasteiger partial charge in [-0.3, -0.25) is 4.79 Å². The van der Waals surface area contributed by atoms with E-state index in [0.29, 0.717) is 6.54 Å². The van der Waals surface area contributed by atoms with Gasteiger partial charge in [0.1, 0.15) is 6.04 Å². The summed E-state index contributed by atoms with van der Waals surface area (Å²) in [6.07, 6.45) is 3.26. The Kier molecular flexibility index (Phi) is 5.01. The molecule has 1 aromatic rings. The van der Waals surface area contributed by atoms with Gasteiger partial charge in [-0.15, -0.1) is 0 Å². The van der Waals surface area contributed by atoms with Crippen LogP contribution in [0.5, 0.6) is 0 Å². The van der Waals surface area contributed by atoms with Gasteiger partial charge in [-0.05, 0) is 44.4 Å². The van der Waals surface area contributed by atoms with E-state index in [4.69, 9.17) is 5.73 Å². The zero-order chi connectivity index (χ0) is 14.5. The Labute approximate surface area is 121 Å². The third-order valence-corrected chi connectivity index (χ3v) is 3.84. The molecule has 0 spiro atoms. The molecule has 0 saturated heterocycles. The molecule has 1 atom stereocenters. The van der Waals surface area contributed by atoms with Crippen molar-refractivity contribution >= 4 is 11.6 Å². The van der Waals surface area contributed by atoms with Crippen molar-refractivity contribution in [2.45, 2.75) is 39.2 Å². The molecular formula is C16H25N3O. The van der Waals surface area contributed by atoms with Crippen LogP contribution in [-0.4, -0.2) is 31.6 Å². The van der Waals surface area contributed by atoms with Crippen molar-refractivity contribution in [1.29, 1.82) is 0 Å². The van der Waals surface area contributed by atoms with Crippen LogP contribution in [0, 0.1) is 6.92 Å². The molecule has 4 heteroatoms. The van der Waals surface area contributed by atoms with Crippen molar-refractivity contribution in [3.63, 3.8) is 0 Å². The lowest BCUT2D eigenvalue weighted by Crippen LogP contribution is -2.50. The van der Waals surface area contributed by atoms with E-state index < -0.39 is 0 Å². The predicted octanol–water partition coefficient (Wildman–Crippen LogP) is 1.60. The molecule has 0 aliphatic carbocycles. The van der Waals surface area contributed by atoms with Crippen molar-refractivity contribution < 1.29 is 4.79 Å². The Morgan fingerprint density at radius 2 is 2.30 bits per heavy atom. The van der Waals surface area contributed by atoms with Crippen LogP contribution in [0.2, 0.25) is 0 Å². The van der Waals surface area contributed by atoms with Gasteiger partial charge in [0, 0.05) is 18.8 Å². The van der Waals surface area contributed by atoms with Crippen LogP contribution < -0.4 is 16.0 Å². The summed E-state index contributed by atoms with van der Waals surface area (Å²) in [6, 6.07) is 6.28. The van der Waals surface area contributed by atoms with E-state index in [1.54, 1.807) is 0 Å². The molecule has 0 bridgehead atoms. The normalized spacial score (nSPS) is 15.8. The van der Waals surface area contributed by atoms with Gasteiger partial charge in [-0.25, -0.2) is 0 Å². The van der Waals surface area contributed by atoms with Gasteiger partial charge >= 0.3 is 0 Å². The fraction of sp³-hybridized carbons (Fsp3) is 0.562. The molecule has 110 valence electrons. The van der Waals surface area contributed by atoms with Crippen molar-refractivity contribution in [3.05, 3.63) is 29.3 Å². The fourth-order valence-corrected chi connectivity index (χ4v) is 2.79. The molecule has 1 aliphatic rings. The monoisotopic (exact) mass is 275 g/mol. The number of hydrogen-bond donors (Lipinski definition) is 2. The number of fused-ring (bicyclic) bond motifs is 1. The highest BCUT2D eigenvalue weighted by molar-refractivity contribution is 5.80. The Bertz CT molecular complexity index is 473. The number of carbonyl (C=O) groups is 1. The Balaban J connectivity index is 2.12. The molecule has 2 rings (SSSR count). The molecule has 0 radical (unpaired) electrons. The van der Waals surface area contributed by atoms with E-state index >= 15 is 0 Å². The summed E-state index contributed by atoms with van der Waals surface area (Å²) in [5.41, 5.74) is 9.44. The van der Waals surface area contributed by atoms with E-state index in [1.165, 1.54) is 16.8 Å². The van der Waals surface area contributed by atoms with Gasteiger partial charge in [0.05, 0.1) is 0 Å². The maximum absolute atomic E-state index is 11.6. The molecule has 1 unspecified atom stereocenters. The van der Waals surface area contributed by atoms with Crippen LogP contribution in [-0.2, 0) is 11.2 Å². The molecule has 20 heavy (non-hydrogen) atoms. The smallest absolute Gasteiger partial charge is 0.236 e. The molecule has 4 nitrogen and oxygen atoms in total. The maximum Gasteiger partial charge on any atom is 0.236 e. The van der Waals surface area contributed by atoms with Crippen LogP contribution in [0.3, 0.4) is 0 Å². The number of amides is 1. The van der Waals surface area contributed by atoms with Crippen LogP contribution in [0.4, 0.5) is 5.69 Å². The number of anilines is 1. The Hall–Kier alpha value is -1.55. The lowest BCUT2D eigenvalue weighted by atomic mass is 9.99. The van der Waals surface area contributed by atoms with Crippen molar-refractivity contribution in [1.82, 2.24) is 5.32 Å². The molecule has 0 aromatic heterocycles. The molecule has 1 aromatic carbocycles.